The molecule has 0 spiro atoms. The predicted molar refractivity (Wildman–Crippen MR) is 83.0 cm³/mol. The van der Waals surface area contributed by atoms with Crippen molar-refractivity contribution in [1.82, 2.24) is 15.2 Å². The molecule has 1 N–H and O–H groups in total. The Morgan fingerprint density at radius 2 is 1.95 bits per heavy atom. The van der Waals surface area contributed by atoms with Crippen LogP contribution in [0.5, 0.6) is 0 Å². The van der Waals surface area contributed by atoms with Crippen molar-refractivity contribution in [2.45, 2.75) is 38.1 Å². The third kappa shape index (κ3) is 3.16. The molecule has 0 amide bonds. The number of hydrogen-bond acceptors (Lipinski definition) is 3. The molecule has 0 unspecified atom stereocenters. The first kappa shape index (κ1) is 14.3. The second-order valence-electron chi connectivity index (χ2n) is 6.03. The molecule has 0 aromatic carbocycles. The summed E-state index contributed by atoms with van der Waals surface area (Å²) in [6.45, 7) is 4.43. The largest absolute Gasteiger partial charge is 0.314 e. The van der Waals surface area contributed by atoms with Gasteiger partial charge < -0.3 is 5.32 Å². The zero-order valence-corrected chi connectivity index (χ0v) is 12.8. The molecule has 2 heterocycles. The van der Waals surface area contributed by atoms with Gasteiger partial charge in [-0.2, -0.15) is 0 Å². The summed E-state index contributed by atoms with van der Waals surface area (Å²) in [6, 6.07) is 2.61. The van der Waals surface area contributed by atoms with Crippen LogP contribution in [0.3, 0.4) is 0 Å². The van der Waals surface area contributed by atoms with Gasteiger partial charge in [0.1, 0.15) is 0 Å². The topological polar surface area (TPSA) is 28.2 Å². The second kappa shape index (κ2) is 6.88. The minimum Gasteiger partial charge on any atom is -0.314 e. The molecular weight excluding hydrogens is 270 g/mol. The van der Waals surface area contributed by atoms with Crippen LogP contribution in [0.2, 0.25) is 5.02 Å². The summed E-state index contributed by atoms with van der Waals surface area (Å²) < 4.78 is 0. The van der Waals surface area contributed by atoms with Crippen molar-refractivity contribution in [1.29, 1.82) is 0 Å². The molecule has 1 saturated carbocycles. The van der Waals surface area contributed by atoms with E-state index >= 15 is 0 Å². The average molecular weight is 294 g/mol. The van der Waals surface area contributed by atoms with Gasteiger partial charge in [0, 0.05) is 44.6 Å². The van der Waals surface area contributed by atoms with Gasteiger partial charge in [0.2, 0.25) is 0 Å². The smallest absolute Gasteiger partial charge is 0.0637 e. The molecule has 3 rings (SSSR count). The summed E-state index contributed by atoms with van der Waals surface area (Å²) in [5.74, 6) is 0.752. The van der Waals surface area contributed by atoms with Gasteiger partial charge in [0.05, 0.1) is 5.02 Å². The van der Waals surface area contributed by atoms with Gasteiger partial charge in [-0.25, -0.2) is 0 Å². The highest BCUT2D eigenvalue weighted by atomic mass is 35.5. The van der Waals surface area contributed by atoms with Crippen LogP contribution in [-0.4, -0.2) is 36.1 Å². The summed E-state index contributed by atoms with van der Waals surface area (Å²) >= 11 is 6.45. The van der Waals surface area contributed by atoms with Gasteiger partial charge in [-0.1, -0.05) is 30.9 Å². The Labute approximate surface area is 126 Å². The van der Waals surface area contributed by atoms with Crippen LogP contribution in [-0.2, 0) is 0 Å². The Morgan fingerprint density at radius 3 is 2.65 bits per heavy atom. The van der Waals surface area contributed by atoms with Crippen molar-refractivity contribution >= 4 is 11.6 Å². The van der Waals surface area contributed by atoms with Crippen LogP contribution in [0.1, 0.15) is 43.7 Å². The van der Waals surface area contributed by atoms with Crippen LogP contribution in [0.4, 0.5) is 0 Å². The Balaban J connectivity index is 1.87. The first-order valence-corrected chi connectivity index (χ1v) is 8.28. The minimum absolute atomic E-state index is 0.480. The number of halogens is 1. The number of nitrogens with zero attached hydrogens (tertiary/aromatic N) is 2. The Hall–Kier alpha value is -0.640. The molecule has 3 nitrogen and oxygen atoms in total. The lowest BCUT2D eigenvalue weighted by atomic mass is 9.80. The molecule has 4 heteroatoms. The number of hydrogen-bond donors (Lipinski definition) is 1. The number of rotatable bonds is 3. The fourth-order valence-corrected chi connectivity index (χ4v) is 4.02. The normalized spacial score (nSPS) is 23.6. The highest BCUT2D eigenvalue weighted by Crippen LogP contribution is 2.40. The molecule has 1 aliphatic carbocycles. The first-order valence-electron chi connectivity index (χ1n) is 7.90. The highest BCUT2D eigenvalue weighted by molar-refractivity contribution is 6.31. The fourth-order valence-electron chi connectivity index (χ4n) is 3.78. The van der Waals surface area contributed by atoms with E-state index in [1.54, 1.807) is 6.20 Å². The minimum atomic E-state index is 0.480. The van der Waals surface area contributed by atoms with E-state index in [2.05, 4.69) is 21.3 Å². The number of piperazine rings is 1. The van der Waals surface area contributed by atoms with Gasteiger partial charge in [-0.05, 0) is 30.4 Å². The lowest BCUT2D eigenvalue weighted by Crippen LogP contribution is -2.47. The Kier molecular flexibility index (Phi) is 4.92. The SMILES string of the molecule is Clc1cnccc1[C@@H](C1CCCCC1)N1CCNCC1. The van der Waals surface area contributed by atoms with Gasteiger partial charge in [-0.3, -0.25) is 9.88 Å². The molecule has 20 heavy (non-hydrogen) atoms. The van der Waals surface area contributed by atoms with E-state index in [4.69, 9.17) is 11.6 Å². The van der Waals surface area contributed by atoms with Crippen molar-refractivity contribution in [3.63, 3.8) is 0 Å². The van der Waals surface area contributed by atoms with E-state index in [0.717, 1.165) is 37.1 Å². The van der Waals surface area contributed by atoms with Crippen LogP contribution < -0.4 is 5.32 Å². The van der Waals surface area contributed by atoms with E-state index in [-0.39, 0.29) is 0 Å². The number of nitrogens with one attached hydrogen (secondary N) is 1. The summed E-state index contributed by atoms with van der Waals surface area (Å²) in [4.78, 5) is 6.79. The van der Waals surface area contributed by atoms with E-state index in [9.17, 15) is 0 Å². The molecule has 0 bridgehead atoms. The average Bonchev–Trinajstić information content (AvgIpc) is 2.52. The molecule has 0 radical (unpaired) electrons. The van der Waals surface area contributed by atoms with Crippen molar-refractivity contribution in [2.75, 3.05) is 26.2 Å². The lowest BCUT2D eigenvalue weighted by molar-refractivity contribution is 0.103. The number of aromatic nitrogens is 1. The van der Waals surface area contributed by atoms with E-state index in [1.165, 1.54) is 37.7 Å². The fraction of sp³-hybridized carbons (Fsp3) is 0.688. The molecule has 1 saturated heterocycles. The Bertz CT molecular complexity index is 407. The molecule has 2 aliphatic rings. The van der Waals surface area contributed by atoms with Crippen LogP contribution >= 0.6 is 11.6 Å². The molecule has 110 valence electrons. The zero-order valence-electron chi connectivity index (χ0n) is 12.0. The van der Waals surface area contributed by atoms with Crippen molar-refractivity contribution in [2.24, 2.45) is 5.92 Å². The number of pyridine rings is 1. The van der Waals surface area contributed by atoms with E-state index < -0.39 is 0 Å². The second-order valence-corrected chi connectivity index (χ2v) is 6.43. The monoisotopic (exact) mass is 293 g/mol. The lowest BCUT2D eigenvalue weighted by Gasteiger charge is -2.41. The van der Waals surface area contributed by atoms with Crippen molar-refractivity contribution < 1.29 is 0 Å². The highest BCUT2D eigenvalue weighted by Gasteiger charge is 2.32. The van der Waals surface area contributed by atoms with Crippen LogP contribution in [0.15, 0.2) is 18.5 Å². The van der Waals surface area contributed by atoms with Gasteiger partial charge in [0.25, 0.3) is 0 Å². The van der Waals surface area contributed by atoms with Gasteiger partial charge in [-0.15, -0.1) is 0 Å². The van der Waals surface area contributed by atoms with Gasteiger partial charge >= 0.3 is 0 Å². The summed E-state index contributed by atoms with van der Waals surface area (Å²) in [7, 11) is 0. The standard InChI is InChI=1S/C16H24ClN3/c17-15-12-19-7-6-14(15)16(13-4-2-1-3-5-13)20-10-8-18-9-11-20/h6-7,12-13,16,18H,1-5,8-11H2/t16-/m1/s1. The van der Waals surface area contributed by atoms with Gasteiger partial charge in [0.15, 0.2) is 0 Å². The summed E-state index contributed by atoms with van der Waals surface area (Å²) in [6.07, 6.45) is 10.5. The van der Waals surface area contributed by atoms with E-state index in [0.29, 0.717) is 6.04 Å². The molecule has 2 fully saturated rings. The summed E-state index contributed by atoms with van der Waals surface area (Å²) in [5, 5.41) is 4.29. The zero-order chi connectivity index (χ0) is 13.8. The van der Waals surface area contributed by atoms with Crippen LogP contribution in [0.25, 0.3) is 0 Å². The Morgan fingerprint density at radius 1 is 1.20 bits per heavy atom. The molecular formula is C16H24ClN3. The first-order chi connectivity index (χ1) is 9.86. The van der Waals surface area contributed by atoms with E-state index in [1.807, 2.05) is 6.20 Å². The maximum Gasteiger partial charge on any atom is 0.0637 e. The summed E-state index contributed by atoms with van der Waals surface area (Å²) in [5.41, 5.74) is 1.29. The third-order valence-corrected chi connectivity index (χ3v) is 5.08. The molecule has 1 aromatic heterocycles. The van der Waals surface area contributed by atoms with Crippen molar-refractivity contribution in [3.8, 4) is 0 Å². The maximum atomic E-state index is 6.45. The third-order valence-electron chi connectivity index (χ3n) is 4.76. The molecule has 1 aromatic rings. The van der Waals surface area contributed by atoms with Crippen molar-refractivity contribution in [3.05, 3.63) is 29.0 Å². The predicted octanol–water partition coefficient (Wildman–Crippen LogP) is 3.26. The molecule has 1 aliphatic heterocycles. The maximum absolute atomic E-state index is 6.45. The quantitative estimate of drug-likeness (QED) is 0.927. The molecule has 1 atom stereocenters. The van der Waals surface area contributed by atoms with Crippen LogP contribution in [0, 0.1) is 5.92 Å².